The summed E-state index contributed by atoms with van der Waals surface area (Å²) in [6.07, 6.45) is 1.90. The van der Waals surface area contributed by atoms with Crippen LogP contribution in [0.25, 0.3) is 11.0 Å². The number of likely N-dealkylation sites (tertiary alicyclic amines) is 1. The number of ether oxygens (including phenoxy) is 1. The number of rotatable bonds is 3. The maximum atomic E-state index is 11.7. The van der Waals surface area contributed by atoms with Crippen molar-refractivity contribution < 1.29 is 9.53 Å². The summed E-state index contributed by atoms with van der Waals surface area (Å²) in [6.45, 7) is 1.57. The molecule has 0 saturated carbocycles. The van der Waals surface area contributed by atoms with E-state index in [9.17, 15) is 4.79 Å². The predicted octanol–water partition coefficient (Wildman–Crippen LogP) is 1.70. The molecule has 5 heteroatoms. The van der Waals surface area contributed by atoms with Gasteiger partial charge in [0.25, 0.3) is 0 Å². The Morgan fingerprint density at radius 3 is 3.16 bits per heavy atom. The molecule has 0 bridgehead atoms. The summed E-state index contributed by atoms with van der Waals surface area (Å²) in [5.74, 6) is 0.755. The average Bonchev–Trinajstić information content (AvgIpc) is 3.04. The highest BCUT2D eigenvalue weighted by Crippen LogP contribution is 2.21. The summed E-state index contributed by atoms with van der Waals surface area (Å²) < 4.78 is 4.85. The molecule has 1 unspecified atom stereocenters. The van der Waals surface area contributed by atoms with Crippen molar-refractivity contribution in [2.75, 3.05) is 13.7 Å². The monoisotopic (exact) mass is 259 g/mol. The van der Waals surface area contributed by atoms with E-state index in [1.807, 2.05) is 24.3 Å². The van der Waals surface area contributed by atoms with Gasteiger partial charge in [0.05, 0.1) is 24.7 Å². The van der Waals surface area contributed by atoms with Crippen molar-refractivity contribution in [2.45, 2.75) is 25.4 Å². The zero-order valence-electron chi connectivity index (χ0n) is 10.9. The molecule has 1 fully saturated rings. The van der Waals surface area contributed by atoms with E-state index < -0.39 is 0 Å². The minimum atomic E-state index is -0.145. The number of para-hydroxylation sites is 2. The van der Waals surface area contributed by atoms with Crippen LogP contribution in [0.2, 0.25) is 0 Å². The molecule has 19 heavy (non-hydrogen) atoms. The molecule has 1 aromatic carbocycles. The molecule has 1 saturated heterocycles. The molecule has 0 aliphatic carbocycles. The van der Waals surface area contributed by atoms with Crippen LogP contribution in [-0.2, 0) is 16.1 Å². The number of aromatic amines is 1. The van der Waals surface area contributed by atoms with Crippen molar-refractivity contribution in [2.24, 2.45) is 0 Å². The normalized spacial score (nSPS) is 19.9. The van der Waals surface area contributed by atoms with Crippen molar-refractivity contribution in [3.05, 3.63) is 30.1 Å². The number of imidazole rings is 1. The van der Waals surface area contributed by atoms with E-state index in [2.05, 4.69) is 14.9 Å². The second-order valence-electron chi connectivity index (χ2n) is 4.85. The first-order chi connectivity index (χ1) is 9.28. The summed E-state index contributed by atoms with van der Waals surface area (Å²) >= 11 is 0. The third-order valence-corrected chi connectivity index (χ3v) is 3.63. The van der Waals surface area contributed by atoms with Crippen LogP contribution in [0, 0.1) is 0 Å². The molecule has 0 spiro atoms. The fourth-order valence-corrected chi connectivity index (χ4v) is 2.69. The first-order valence-electron chi connectivity index (χ1n) is 6.53. The number of hydrogen-bond acceptors (Lipinski definition) is 4. The lowest BCUT2D eigenvalue weighted by Gasteiger charge is -2.20. The number of benzene rings is 1. The molecule has 1 aliphatic heterocycles. The highest BCUT2D eigenvalue weighted by Gasteiger charge is 2.31. The highest BCUT2D eigenvalue weighted by atomic mass is 16.5. The highest BCUT2D eigenvalue weighted by molar-refractivity contribution is 5.76. The van der Waals surface area contributed by atoms with Gasteiger partial charge in [-0.1, -0.05) is 12.1 Å². The van der Waals surface area contributed by atoms with Gasteiger partial charge in [-0.15, -0.1) is 0 Å². The van der Waals surface area contributed by atoms with Crippen molar-refractivity contribution in [3.8, 4) is 0 Å². The van der Waals surface area contributed by atoms with Gasteiger partial charge >= 0.3 is 5.97 Å². The van der Waals surface area contributed by atoms with Crippen LogP contribution < -0.4 is 0 Å². The van der Waals surface area contributed by atoms with Crippen molar-refractivity contribution in [1.82, 2.24) is 14.9 Å². The van der Waals surface area contributed by atoms with E-state index in [1.54, 1.807) is 0 Å². The van der Waals surface area contributed by atoms with Crippen LogP contribution in [0.1, 0.15) is 18.7 Å². The van der Waals surface area contributed by atoms with Gasteiger partial charge in [0.1, 0.15) is 11.9 Å². The lowest BCUT2D eigenvalue weighted by atomic mass is 10.2. The van der Waals surface area contributed by atoms with Gasteiger partial charge in [-0.3, -0.25) is 9.69 Å². The fraction of sp³-hybridized carbons (Fsp3) is 0.429. The van der Waals surface area contributed by atoms with E-state index >= 15 is 0 Å². The molecule has 1 aliphatic rings. The van der Waals surface area contributed by atoms with Gasteiger partial charge in [0.15, 0.2) is 0 Å². The predicted molar refractivity (Wildman–Crippen MR) is 71.5 cm³/mol. The maximum absolute atomic E-state index is 11.7. The van der Waals surface area contributed by atoms with Crippen LogP contribution in [0.15, 0.2) is 24.3 Å². The van der Waals surface area contributed by atoms with Gasteiger partial charge in [-0.25, -0.2) is 4.98 Å². The minimum Gasteiger partial charge on any atom is -0.468 e. The van der Waals surface area contributed by atoms with Crippen molar-refractivity contribution in [3.63, 3.8) is 0 Å². The van der Waals surface area contributed by atoms with Crippen LogP contribution >= 0.6 is 0 Å². The van der Waals surface area contributed by atoms with Crippen molar-refractivity contribution in [1.29, 1.82) is 0 Å². The Hall–Kier alpha value is -1.88. The zero-order chi connectivity index (χ0) is 13.2. The average molecular weight is 259 g/mol. The topological polar surface area (TPSA) is 58.2 Å². The number of carbonyl (C=O) groups excluding carboxylic acids is 1. The van der Waals surface area contributed by atoms with E-state index in [0.717, 1.165) is 36.2 Å². The Kier molecular flexibility index (Phi) is 3.21. The maximum Gasteiger partial charge on any atom is 0.323 e. The van der Waals surface area contributed by atoms with Crippen LogP contribution in [0.5, 0.6) is 0 Å². The summed E-state index contributed by atoms with van der Waals surface area (Å²) in [4.78, 5) is 21.7. The molecule has 2 heterocycles. The number of aromatic nitrogens is 2. The molecule has 2 aromatic rings. The van der Waals surface area contributed by atoms with E-state index in [0.29, 0.717) is 6.54 Å². The molecule has 100 valence electrons. The van der Waals surface area contributed by atoms with Gasteiger partial charge in [-0.2, -0.15) is 0 Å². The Morgan fingerprint density at radius 1 is 1.53 bits per heavy atom. The first kappa shape index (κ1) is 12.2. The smallest absolute Gasteiger partial charge is 0.323 e. The molecule has 5 nitrogen and oxygen atoms in total. The number of hydrogen-bond donors (Lipinski definition) is 1. The molecule has 3 rings (SSSR count). The second kappa shape index (κ2) is 5.01. The molecule has 1 aromatic heterocycles. The summed E-state index contributed by atoms with van der Waals surface area (Å²) in [6, 6.07) is 7.82. The number of H-pyrrole nitrogens is 1. The Bertz CT molecular complexity index is 560. The first-order valence-corrected chi connectivity index (χ1v) is 6.53. The Morgan fingerprint density at radius 2 is 2.37 bits per heavy atom. The van der Waals surface area contributed by atoms with Gasteiger partial charge in [0.2, 0.25) is 0 Å². The quantitative estimate of drug-likeness (QED) is 0.852. The number of fused-ring (bicyclic) bond motifs is 1. The second-order valence-corrected chi connectivity index (χ2v) is 4.85. The summed E-state index contributed by atoms with van der Waals surface area (Å²) in [5, 5.41) is 0. The van der Waals surface area contributed by atoms with Crippen LogP contribution in [0.3, 0.4) is 0 Å². The molecular weight excluding hydrogens is 242 g/mol. The molecule has 0 amide bonds. The minimum absolute atomic E-state index is 0.127. The SMILES string of the molecule is COC(=O)C1CCCN1Cc1nc2ccccc2[nH]1. The van der Waals surface area contributed by atoms with E-state index in [1.165, 1.54) is 7.11 Å². The number of methoxy groups -OCH3 is 1. The number of carbonyl (C=O) groups is 1. The fourth-order valence-electron chi connectivity index (χ4n) is 2.69. The van der Waals surface area contributed by atoms with Gasteiger partial charge in [0, 0.05) is 0 Å². The largest absolute Gasteiger partial charge is 0.468 e. The Balaban J connectivity index is 1.78. The molecular formula is C14H17N3O2. The molecule has 1 N–H and O–H groups in total. The lowest BCUT2D eigenvalue weighted by Crippen LogP contribution is -2.36. The number of nitrogens with one attached hydrogen (secondary N) is 1. The zero-order valence-corrected chi connectivity index (χ0v) is 10.9. The van der Waals surface area contributed by atoms with Crippen LogP contribution in [-0.4, -0.2) is 40.5 Å². The van der Waals surface area contributed by atoms with E-state index in [-0.39, 0.29) is 12.0 Å². The Labute approximate surface area is 111 Å². The third-order valence-electron chi connectivity index (χ3n) is 3.63. The summed E-state index contributed by atoms with van der Waals surface area (Å²) in [5.41, 5.74) is 2.00. The van der Waals surface area contributed by atoms with Gasteiger partial charge in [-0.05, 0) is 31.5 Å². The van der Waals surface area contributed by atoms with Gasteiger partial charge < -0.3 is 9.72 Å². The lowest BCUT2D eigenvalue weighted by molar-refractivity contribution is -0.146. The van der Waals surface area contributed by atoms with Crippen LogP contribution in [0.4, 0.5) is 0 Å². The molecule has 1 atom stereocenters. The summed E-state index contributed by atoms with van der Waals surface area (Å²) in [7, 11) is 1.44. The number of nitrogens with zero attached hydrogens (tertiary/aromatic N) is 2. The standard InChI is InChI=1S/C14H17N3O2/c1-19-14(18)12-7-4-8-17(12)9-13-15-10-5-2-3-6-11(10)16-13/h2-3,5-6,12H,4,7-9H2,1H3,(H,15,16). The third kappa shape index (κ3) is 2.33. The molecule has 0 radical (unpaired) electrons. The number of esters is 1. The van der Waals surface area contributed by atoms with E-state index in [4.69, 9.17) is 4.74 Å². The van der Waals surface area contributed by atoms with Crippen molar-refractivity contribution >= 4 is 17.0 Å².